The van der Waals surface area contributed by atoms with Crippen molar-refractivity contribution in [1.29, 1.82) is 0 Å². The number of rotatable bonds is 5. The van der Waals surface area contributed by atoms with Gasteiger partial charge in [0, 0.05) is 6.04 Å². The first-order chi connectivity index (χ1) is 9.05. The molecule has 1 saturated carbocycles. The van der Waals surface area contributed by atoms with E-state index in [4.69, 9.17) is 0 Å². The number of nitrogens with zero attached hydrogens (tertiary/aromatic N) is 2. The molecule has 1 heterocycles. The van der Waals surface area contributed by atoms with Gasteiger partial charge < -0.3 is 5.32 Å². The van der Waals surface area contributed by atoms with E-state index in [1.54, 1.807) is 0 Å². The zero-order valence-corrected chi connectivity index (χ0v) is 14.1. The predicted octanol–water partition coefficient (Wildman–Crippen LogP) is 4.46. The fourth-order valence-corrected chi connectivity index (χ4v) is 4.19. The second kappa shape index (κ2) is 5.96. The summed E-state index contributed by atoms with van der Waals surface area (Å²) in [6, 6.07) is 0.784. The second-order valence-electron chi connectivity index (χ2n) is 6.06. The molecule has 1 aliphatic carbocycles. The lowest BCUT2D eigenvalue weighted by atomic mass is 9.75. The molecule has 0 amide bonds. The van der Waals surface area contributed by atoms with Crippen LogP contribution in [0.1, 0.15) is 70.7 Å². The van der Waals surface area contributed by atoms with E-state index in [2.05, 4.69) is 58.8 Å². The molecule has 1 aromatic rings. The lowest BCUT2D eigenvalue weighted by Gasteiger charge is -2.37. The van der Waals surface area contributed by atoms with Gasteiger partial charge in [-0.25, -0.2) is 0 Å². The van der Waals surface area contributed by atoms with Crippen LogP contribution in [0.4, 0.5) is 0 Å². The summed E-state index contributed by atoms with van der Waals surface area (Å²) in [6.07, 6.45) is 8.54. The lowest BCUT2D eigenvalue weighted by Crippen LogP contribution is -2.36. The van der Waals surface area contributed by atoms with E-state index in [-0.39, 0.29) is 0 Å². The van der Waals surface area contributed by atoms with Crippen LogP contribution in [0.5, 0.6) is 0 Å². The van der Waals surface area contributed by atoms with E-state index in [1.165, 1.54) is 37.8 Å². The maximum Gasteiger partial charge on any atom is 0.0704 e. The van der Waals surface area contributed by atoms with Crippen molar-refractivity contribution in [3.05, 3.63) is 16.4 Å². The SMILES string of the molecule is CCC1(C(NC)c2c(Br)cnn2C(C)C)CCCC1. The third-order valence-electron chi connectivity index (χ3n) is 4.75. The van der Waals surface area contributed by atoms with Crippen molar-refractivity contribution in [2.75, 3.05) is 7.05 Å². The Morgan fingerprint density at radius 3 is 2.53 bits per heavy atom. The van der Waals surface area contributed by atoms with Gasteiger partial charge in [-0.1, -0.05) is 19.8 Å². The summed E-state index contributed by atoms with van der Waals surface area (Å²) in [5, 5.41) is 8.13. The molecule has 0 spiro atoms. The van der Waals surface area contributed by atoms with Gasteiger partial charge in [0.25, 0.3) is 0 Å². The lowest BCUT2D eigenvalue weighted by molar-refractivity contribution is 0.184. The molecule has 3 nitrogen and oxygen atoms in total. The smallest absolute Gasteiger partial charge is 0.0704 e. The van der Waals surface area contributed by atoms with Crippen LogP contribution in [0, 0.1) is 5.41 Å². The molecule has 0 aromatic carbocycles. The summed E-state index contributed by atoms with van der Waals surface area (Å²) in [7, 11) is 2.09. The third kappa shape index (κ3) is 2.62. The summed E-state index contributed by atoms with van der Waals surface area (Å²) in [5.74, 6) is 0. The molecule has 1 atom stereocenters. The molecular formula is C15H26BrN3. The van der Waals surface area contributed by atoms with Gasteiger partial charge in [-0.05, 0) is 61.5 Å². The maximum absolute atomic E-state index is 4.55. The fraction of sp³-hybridized carbons (Fsp3) is 0.800. The average molecular weight is 328 g/mol. The Labute approximate surface area is 125 Å². The van der Waals surface area contributed by atoms with E-state index < -0.39 is 0 Å². The van der Waals surface area contributed by atoms with Crippen molar-refractivity contribution in [3.8, 4) is 0 Å². The highest BCUT2D eigenvalue weighted by atomic mass is 79.9. The molecule has 108 valence electrons. The van der Waals surface area contributed by atoms with Crippen LogP contribution >= 0.6 is 15.9 Å². The Morgan fingerprint density at radius 1 is 1.42 bits per heavy atom. The first-order valence-electron chi connectivity index (χ1n) is 7.46. The molecule has 1 fully saturated rings. The van der Waals surface area contributed by atoms with E-state index in [9.17, 15) is 0 Å². The Morgan fingerprint density at radius 2 is 2.05 bits per heavy atom. The van der Waals surface area contributed by atoms with Crippen molar-refractivity contribution in [3.63, 3.8) is 0 Å². The van der Waals surface area contributed by atoms with Crippen LogP contribution in [-0.2, 0) is 0 Å². The first-order valence-corrected chi connectivity index (χ1v) is 8.25. The number of halogens is 1. The third-order valence-corrected chi connectivity index (χ3v) is 5.37. The minimum atomic E-state index is 0.388. The Bertz CT molecular complexity index is 419. The van der Waals surface area contributed by atoms with Gasteiger partial charge in [-0.15, -0.1) is 0 Å². The van der Waals surface area contributed by atoms with Crippen LogP contribution in [0.3, 0.4) is 0 Å². The molecule has 0 aliphatic heterocycles. The van der Waals surface area contributed by atoms with Crippen molar-refractivity contribution < 1.29 is 0 Å². The average Bonchev–Trinajstić information content (AvgIpc) is 2.99. The highest BCUT2D eigenvalue weighted by Gasteiger charge is 2.42. The van der Waals surface area contributed by atoms with Crippen LogP contribution in [0.15, 0.2) is 10.7 Å². The van der Waals surface area contributed by atoms with Gasteiger partial charge in [0.15, 0.2) is 0 Å². The Kier molecular flexibility index (Phi) is 4.72. The summed E-state index contributed by atoms with van der Waals surface area (Å²) in [6.45, 7) is 6.73. The number of hydrogen-bond donors (Lipinski definition) is 1. The van der Waals surface area contributed by atoms with E-state index in [1.807, 2.05) is 6.20 Å². The van der Waals surface area contributed by atoms with Gasteiger partial charge in [-0.2, -0.15) is 5.10 Å². The molecule has 4 heteroatoms. The van der Waals surface area contributed by atoms with Gasteiger partial charge >= 0.3 is 0 Å². The van der Waals surface area contributed by atoms with Crippen molar-refractivity contribution in [2.45, 2.75) is 65.0 Å². The molecule has 1 aliphatic rings. The fourth-order valence-electron chi connectivity index (χ4n) is 3.69. The van der Waals surface area contributed by atoms with Gasteiger partial charge in [0.05, 0.1) is 22.4 Å². The molecule has 0 radical (unpaired) electrons. The molecule has 1 N–H and O–H groups in total. The molecule has 19 heavy (non-hydrogen) atoms. The quantitative estimate of drug-likeness (QED) is 0.865. The number of aromatic nitrogens is 2. The van der Waals surface area contributed by atoms with Crippen molar-refractivity contribution in [2.24, 2.45) is 5.41 Å². The van der Waals surface area contributed by atoms with Crippen LogP contribution in [-0.4, -0.2) is 16.8 Å². The summed E-state index contributed by atoms with van der Waals surface area (Å²) in [5.41, 5.74) is 1.71. The molecular weight excluding hydrogens is 302 g/mol. The standard InChI is InChI=1S/C15H26BrN3/c1-5-15(8-6-7-9-15)14(17-4)13-12(16)10-18-19(13)11(2)3/h10-11,14,17H,5-9H2,1-4H3. The Balaban J connectivity index is 2.44. The summed E-state index contributed by atoms with van der Waals surface area (Å²) < 4.78 is 3.31. The summed E-state index contributed by atoms with van der Waals surface area (Å²) in [4.78, 5) is 0. The molecule has 1 aromatic heterocycles. The molecule has 2 rings (SSSR count). The second-order valence-corrected chi connectivity index (χ2v) is 6.92. The minimum Gasteiger partial charge on any atom is -0.311 e. The van der Waals surface area contributed by atoms with Gasteiger partial charge in [0.2, 0.25) is 0 Å². The first kappa shape index (κ1) is 15.0. The zero-order valence-electron chi connectivity index (χ0n) is 12.5. The van der Waals surface area contributed by atoms with Crippen molar-refractivity contribution >= 4 is 15.9 Å². The van der Waals surface area contributed by atoms with E-state index in [0.717, 1.165) is 4.47 Å². The monoisotopic (exact) mass is 327 g/mol. The Hall–Kier alpha value is -0.350. The highest BCUT2D eigenvalue weighted by Crippen LogP contribution is 2.51. The van der Waals surface area contributed by atoms with Crippen LogP contribution < -0.4 is 5.32 Å². The van der Waals surface area contributed by atoms with E-state index in [0.29, 0.717) is 17.5 Å². The largest absolute Gasteiger partial charge is 0.311 e. The van der Waals surface area contributed by atoms with Crippen LogP contribution in [0.25, 0.3) is 0 Å². The van der Waals surface area contributed by atoms with E-state index >= 15 is 0 Å². The topological polar surface area (TPSA) is 29.9 Å². The number of nitrogens with one attached hydrogen (secondary N) is 1. The number of hydrogen-bond acceptors (Lipinski definition) is 2. The van der Waals surface area contributed by atoms with Gasteiger partial charge in [-0.3, -0.25) is 4.68 Å². The normalized spacial score (nSPS) is 20.1. The molecule has 0 saturated heterocycles. The maximum atomic E-state index is 4.55. The molecule has 1 unspecified atom stereocenters. The highest BCUT2D eigenvalue weighted by molar-refractivity contribution is 9.10. The van der Waals surface area contributed by atoms with Crippen LogP contribution in [0.2, 0.25) is 0 Å². The molecule has 0 bridgehead atoms. The predicted molar refractivity (Wildman–Crippen MR) is 83.3 cm³/mol. The van der Waals surface area contributed by atoms with Gasteiger partial charge in [0.1, 0.15) is 0 Å². The minimum absolute atomic E-state index is 0.388. The summed E-state index contributed by atoms with van der Waals surface area (Å²) >= 11 is 3.70. The van der Waals surface area contributed by atoms with Crippen molar-refractivity contribution in [1.82, 2.24) is 15.1 Å². The zero-order chi connectivity index (χ0) is 14.0.